The highest BCUT2D eigenvalue weighted by Gasteiger charge is 2.02. The normalized spacial score (nSPS) is 11.2. The molecule has 0 unspecified atom stereocenters. The summed E-state index contributed by atoms with van der Waals surface area (Å²) in [4.78, 5) is 21.2. The number of rotatable bonds is 10. The number of aliphatic hydroxyl groups excluding tert-OH is 1. The van der Waals surface area contributed by atoms with Crippen molar-refractivity contribution >= 4 is 11.9 Å². The number of nitrogens with zero attached hydrogens (tertiary/aromatic N) is 1. The van der Waals surface area contributed by atoms with Crippen molar-refractivity contribution < 1.29 is 29.0 Å². The van der Waals surface area contributed by atoms with E-state index in [0.717, 1.165) is 29.4 Å². The lowest BCUT2D eigenvalue weighted by atomic mass is 10.1. The fourth-order valence-electron chi connectivity index (χ4n) is 1.54. The van der Waals surface area contributed by atoms with Gasteiger partial charge in [-0.05, 0) is 46.1 Å². The van der Waals surface area contributed by atoms with Crippen molar-refractivity contribution in [1.29, 1.82) is 0 Å². The smallest absolute Gasteiger partial charge is 0.306 e. The van der Waals surface area contributed by atoms with Crippen LogP contribution in [0, 0.1) is 0 Å². The zero-order valence-electron chi connectivity index (χ0n) is 16.6. The molecule has 0 atom stereocenters. The Morgan fingerprint density at radius 3 is 2.04 bits per heavy atom. The minimum Gasteiger partial charge on any atom is -0.550 e. The van der Waals surface area contributed by atoms with Crippen LogP contribution in [-0.2, 0) is 14.3 Å². The van der Waals surface area contributed by atoms with Gasteiger partial charge in [0, 0.05) is 5.97 Å². The Balaban J connectivity index is 0. The van der Waals surface area contributed by atoms with E-state index in [2.05, 4.69) is 41.1 Å². The molecule has 0 bridgehead atoms. The van der Waals surface area contributed by atoms with E-state index in [1.54, 1.807) is 0 Å². The van der Waals surface area contributed by atoms with Crippen molar-refractivity contribution in [2.75, 3.05) is 40.9 Å². The molecular formula is C19H35NO5. The van der Waals surface area contributed by atoms with Crippen molar-refractivity contribution in [1.82, 2.24) is 0 Å². The maximum absolute atomic E-state index is 11.1. The van der Waals surface area contributed by atoms with Crippen LogP contribution in [0.3, 0.4) is 0 Å². The van der Waals surface area contributed by atoms with Crippen LogP contribution in [0.5, 0.6) is 0 Å². The van der Waals surface area contributed by atoms with Crippen LogP contribution in [-0.4, -0.2) is 62.4 Å². The van der Waals surface area contributed by atoms with Crippen molar-refractivity contribution in [3.63, 3.8) is 0 Å². The van der Waals surface area contributed by atoms with Crippen molar-refractivity contribution in [2.45, 2.75) is 46.5 Å². The summed E-state index contributed by atoms with van der Waals surface area (Å²) in [6.07, 6.45) is 5.49. The molecule has 0 saturated heterocycles. The summed E-state index contributed by atoms with van der Waals surface area (Å²) in [6.45, 7) is 7.40. The van der Waals surface area contributed by atoms with Crippen molar-refractivity contribution in [3.05, 3.63) is 23.3 Å². The van der Waals surface area contributed by atoms with Crippen LogP contribution in [0.25, 0.3) is 0 Å². The molecule has 0 saturated carbocycles. The Labute approximate surface area is 152 Å². The van der Waals surface area contributed by atoms with Gasteiger partial charge in [-0.1, -0.05) is 17.2 Å². The van der Waals surface area contributed by atoms with Crippen LogP contribution < -0.4 is 5.11 Å². The molecule has 0 fully saturated rings. The number of allylic oxidation sites excluding steroid dienone is 3. The summed E-state index contributed by atoms with van der Waals surface area (Å²) in [7, 11) is 6.16. The molecular weight excluding hydrogens is 322 g/mol. The van der Waals surface area contributed by atoms with Gasteiger partial charge in [-0.15, -0.1) is 0 Å². The van der Waals surface area contributed by atoms with E-state index in [4.69, 9.17) is 9.84 Å². The van der Waals surface area contributed by atoms with Crippen LogP contribution in [0.4, 0.5) is 0 Å². The van der Waals surface area contributed by atoms with Gasteiger partial charge in [0.25, 0.3) is 0 Å². The number of hydrogen-bond acceptors (Lipinski definition) is 5. The van der Waals surface area contributed by atoms with Gasteiger partial charge in [-0.3, -0.25) is 4.79 Å². The number of carbonyl (C=O) groups excluding carboxylic acids is 2. The Hall–Kier alpha value is -1.66. The topological polar surface area (TPSA) is 86.7 Å². The highest BCUT2D eigenvalue weighted by molar-refractivity contribution is 5.75. The molecule has 6 heteroatoms. The average molecular weight is 357 g/mol. The van der Waals surface area contributed by atoms with E-state index in [0.29, 0.717) is 0 Å². The average Bonchev–Trinajstić information content (AvgIpc) is 2.44. The van der Waals surface area contributed by atoms with Gasteiger partial charge < -0.3 is 24.2 Å². The molecule has 0 amide bonds. The molecule has 6 nitrogen and oxygen atoms in total. The van der Waals surface area contributed by atoms with Crippen LogP contribution in [0.1, 0.15) is 46.5 Å². The molecule has 0 aromatic rings. The number of carboxylic acids is 1. The minimum absolute atomic E-state index is 0.132. The van der Waals surface area contributed by atoms with Crippen LogP contribution >= 0.6 is 0 Å². The summed E-state index contributed by atoms with van der Waals surface area (Å²) in [5, 5.41) is 18.5. The molecule has 0 aromatic carbocycles. The molecule has 0 rings (SSSR count). The number of carboxylic acid groups (broad SMARTS) is 1. The molecule has 0 heterocycles. The largest absolute Gasteiger partial charge is 0.550 e. The van der Waals surface area contributed by atoms with Crippen molar-refractivity contribution in [3.8, 4) is 0 Å². The maximum Gasteiger partial charge on any atom is 0.306 e. The van der Waals surface area contributed by atoms with Gasteiger partial charge in [0.2, 0.25) is 0 Å². The van der Waals surface area contributed by atoms with Gasteiger partial charge in [0.05, 0.1) is 34.2 Å². The first kappa shape index (κ1) is 25.6. The molecule has 0 aliphatic carbocycles. The number of quaternary nitrogens is 1. The number of aliphatic carboxylic acids is 1. The third kappa shape index (κ3) is 24.7. The number of esters is 1. The van der Waals surface area contributed by atoms with E-state index in [-0.39, 0.29) is 26.1 Å². The second-order valence-corrected chi connectivity index (χ2v) is 7.16. The second kappa shape index (κ2) is 14.7. The lowest BCUT2D eigenvalue weighted by molar-refractivity contribution is -0.870. The fraction of sp³-hybridized carbons (Fsp3) is 0.684. The predicted octanol–water partition coefficient (Wildman–Crippen LogP) is 1.44. The fourth-order valence-corrected chi connectivity index (χ4v) is 1.54. The monoisotopic (exact) mass is 357 g/mol. The molecule has 0 aliphatic heterocycles. The maximum atomic E-state index is 11.1. The summed E-state index contributed by atoms with van der Waals surface area (Å²) >= 11 is 0. The van der Waals surface area contributed by atoms with Crippen molar-refractivity contribution in [2.24, 2.45) is 0 Å². The van der Waals surface area contributed by atoms with E-state index in [1.165, 1.54) is 5.57 Å². The highest BCUT2D eigenvalue weighted by atomic mass is 16.5. The molecule has 146 valence electrons. The molecule has 25 heavy (non-hydrogen) atoms. The molecule has 0 radical (unpaired) electrons. The van der Waals surface area contributed by atoms with E-state index >= 15 is 0 Å². The van der Waals surface area contributed by atoms with Gasteiger partial charge >= 0.3 is 5.97 Å². The van der Waals surface area contributed by atoms with Gasteiger partial charge in [-0.25, -0.2) is 0 Å². The van der Waals surface area contributed by atoms with E-state index in [9.17, 15) is 14.7 Å². The lowest BCUT2D eigenvalue weighted by Crippen LogP contribution is -2.36. The standard InChI is InChI=1S/C14H22O4.C5H14NO/c1-11(2)5-4-6-12(3)9-10-18-14(17)8-7-13(15)16;1-6(2,3)4-5-7/h5,9H,4,6-8,10H2,1-3H3,(H,15,16);7H,4-5H2,1-3H3/q;+1/p-1. The zero-order chi connectivity index (χ0) is 19.9. The number of likely N-dealkylation sites (N-methyl/N-ethyl adjacent to an activating group) is 1. The molecule has 0 spiro atoms. The summed E-state index contributed by atoms with van der Waals surface area (Å²) < 4.78 is 5.71. The Morgan fingerprint density at radius 1 is 1.04 bits per heavy atom. The minimum atomic E-state index is -1.24. The second-order valence-electron chi connectivity index (χ2n) is 7.16. The SMILES string of the molecule is CC(C)=CCCC(C)=CCOC(=O)CCC(=O)[O-].C[N+](C)(C)CCO. The van der Waals surface area contributed by atoms with Gasteiger partial charge in [0.1, 0.15) is 13.2 Å². The van der Waals surface area contributed by atoms with E-state index < -0.39 is 11.9 Å². The summed E-state index contributed by atoms with van der Waals surface area (Å²) in [5.41, 5.74) is 2.44. The first-order chi connectivity index (χ1) is 11.5. The number of carbonyl (C=O) groups is 2. The van der Waals surface area contributed by atoms with Crippen LogP contribution in [0.2, 0.25) is 0 Å². The predicted molar refractivity (Wildman–Crippen MR) is 97.6 cm³/mol. The Bertz CT molecular complexity index is 443. The van der Waals surface area contributed by atoms with Gasteiger partial charge in [0.15, 0.2) is 0 Å². The number of ether oxygens (including phenoxy) is 1. The highest BCUT2D eigenvalue weighted by Crippen LogP contribution is 2.06. The van der Waals surface area contributed by atoms with E-state index in [1.807, 2.05) is 13.0 Å². The Morgan fingerprint density at radius 2 is 1.64 bits per heavy atom. The molecule has 0 aromatic heterocycles. The number of hydrogen-bond donors (Lipinski definition) is 1. The molecule has 0 aliphatic rings. The first-order valence-electron chi connectivity index (χ1n) is 8.53. The van der Waals surface area contributed by atoms with Crippen LogP contribution in [0.15, 0.2) is 23.3 Å². The zero-order valence-corrected chi connectivity index (χ0v) is 16.6. The van der Waals surface area contributed by atoms with Gasteiger partial charge in [-0.2, -0.15) is 0 Å². The number of aliphatic hydroxyl groups is 1. The third-order valence-corrected chi connectivity index (χ3v) is 3.07. The molecule has 1 N–H and O–H groups in total. The lowest BCUT2D eigenvalue weighted by Gasteiger charge is -2.21. The third-order valence-electron chi connectivity index (χ3n) is 3.07. The Kier molecular flexibility index (Phi) is 15.0. The first-order valence-corrected chi connectivity index (χ1v) is 8.53. The summed E-state index contributed by atoms with van der Waals surface area (Å²) in [6, 6.07) is 0. The summed E-state index contributed by atoms with van der Waals surface area (Å²) in [5.74, 6) is -1.74. The quantitative estimate of drug-likeness (QED) is 0.363.